The van der Waals surface area contributed by atoms with Crippen molar-refractivity contribution >= 4 is 27.8 Å². The van der Waals surface area contributed by atoms with Gasteiger partial charge in [-0.25, -0.2) is 4.98 Å². The van der Waals surface area contributed by atoms with E-state index in [1.54, 1.807) is 24.5 Å². The summed E-state index contributed by atoms with van der Waals surface area (Å²) in [6, 6.07) is 11.2. The van der Waals surface area contributed by atoms with E-state index < -0.39 is 0 Å². The van der Waals surface area contributed by atoms with Gasteiger partial charge >= 0.3 is 0 Å². The standard InChI is InChI=1S/C15H10N4O/c16-10-2-4-12-14(8-10)20-15(19-12)9-1-3-11-13(7-9)18-6-5-17-11/h1-8H,16H2. The topological polar surface area (TPSA) is 77.8 Å². The molecule has 96 valence electrons. The maximum Gasteiger partial charge on any atom is 0.227 e. The van der Waals surface area contributed by atoms with Crippen molar-refractivity contribution in [1.29, 1.82) is 0 Å². The summed E-state index contributed by atoms with van der Waals surface area (Å²) in [5, 5.41) is 0. The summed E-state index contributed by atoms with van der Waals surface area (Å²) >= 11 is 0. The molecule has 20 heavy (non-hydrogen) atoms. The van der Waals surface area contributed by atoms with Crippen molar-refractivity contribution in [2.45, 2.75) is 0 Å². The smallest absolute Gasteiger partial charge is 0.227 e. The zero-order valence-electron chi connectivity index (χ0n) is 10.4. The zero-order valence-corrected chi connectivity index (χ0v) is 10.4. The van der Waals surface area contributed by atoms with Gasteiger partial charge < -0.3 is 10.2 Å². The summed E-state index contributed by atoms with van der Waals surface area (Å²) in [4.78, 5) is 13.0. The van der Waals surface area contributed by atoms with E-state index in [1.165, 1.54) is 0 Å². The predicted molar refractivity (Wildman–Crippen MR) is 77.0 cm³/mol. The number of rotatable bonds is 1. The molecule has 5 heteroatoms. The lowest BCUT2D eigenvalue weighted by molar-refractivity contribution is 0.620. The van der Waals surface area contributed by atoms with Gasteiger partial charge in [-0.2, -0.15) is 0 Å². The Morgan fingerprint density at radius 1 is 0.850 bits per heavy atom. The van der Waals surface area contributed by atoms with Crippen LogP contribution in [0.15, 0.2) is 53.2 Å². The van der Waals surface area contributed by atoms with Crippen LogP contribution >= 0.6 is 0 Å². The van der Waals surface area contributed by atoms with Crippen molar-refractivity contribution in [3.8, 4) is 11.5 Å². The lowest BCUT2D eigenvalue weighted by Crippen LogP contribution is -1.83. The number of anilines is 1. The molecule has 0 radical (unpaired) electrons. The summed E-state index contributed by atoms with van der Waals surface area (Å²) < 4.78 is 5.74. The molecule has 0 unspecified atom stereocenters. The Morgan fingerprint density at radius 2 is 1.65 bits per heavy atom. The quantitative estimate of drug-likeness (QED) is 0.533. The molecule has 0 spiro atoms. The van der Waals surface area contributed by atoms with Crippen LogP contribution in [0.4, 0.5) is 5.69 Å². The van der Waals surface area contributed by atoms with Gasteiger partial charge in [0.15, 0.2) is 5.58 Å². The third-order valence-corrected chi connectivity index (χ3v) is 3.13. The highest BCUT2D eigenvalue weighted by Gasteiger charge is 2.09. The highest BCUT2D eigenvalue weighted by Crippen LogP contribution is 2.26. The fourth-order valence-corrected chi connectivity index (χ4v) is 2.16. The van der Waals surface area contributed by atoms with Crippen LogP contribution in [0.2, 0.25) is 0 Å². The second-order valence-corrected chi connectivity index (χ2v) is 4.51. The highest BCUT2D eigenvalue weighted by molar-refractivity contribution is 5.82. The molecule has 0 aliphatic rings. The molecule has 4 rings (SSSR count). The van der Waals surface area contributed by atoms with Crippen molar-refractivity contribution in [2.24, 2.45) is 0 Å². The van der Waals surface area contributed by atoms with E-state index in [0.717, 1.165) is 22.1 Å². The molecular formula is C15H10N4O. The van der Waals surface area contributed by atoms with E-state index in [0.29, 0.717) is 17.2 Å². The number of hydrogen-bond acceptors (Lipinski definition) is 5. The molecule has 4 aromatic rings. The molecular weight excluding hydrogens is 252 g/mol. The molecule has 0 saturated carbocycles. The number of oxazole rings is 1. The molecule has 0 aliphatic carbocycles. The monoisotopic (exact) mass is 262 g/mol. The third kappa shape index (κ3) is 1.68. The largest absolute Gasteiger partial charge is 0.436 e. The van der Waals surface area contributed by atoms with Crippen LogP contribution in [0.5, 0.6) is 0 Å². The molecule has 2 heterocycles. The van der Waals surface area contributed by atoms with E-state index in [4.69, 9.17) is 10.2 Å². The zero-order chi connectivity index (χ0) is 13.5. The maximum absolute atomic E-state index is 5.74. The third-order valence-electron chi connectivity index (χ3n) is 3.13. The van der Waals surface area contributed by atoms with Crippen molar-refractivity contribution in [2.75, 3.05) is 5.73 Å². The van der Waals surface area contributed by atoms with Crippen LogP contribution in [-0.2, 0) is 0 Å². The summed E-state index contributed by atoms with van der Waals surface area (Å²) in [5.41, 5.74) is 10.4. The minimum absolute atomic E-state index is 0.554. The second-order valence-electron chi connectivity index (χ2n) is 4.51. The van der Waals surface area contributed by atoms with E-state index in [2.05, 4.69) is 15.0 Å². The minimum Gasteiger partial charge on any atom is -0.436 e. The molecule has 2 aromatic heterocycles. The highest BCUT2D eigenvalue weighted by atomic mass is 16.3. The average Bonchev–Trinajstić information content (AvgIpc) is 2.89. The first kappa shape index (κ1) is 10.9. The Bertz CT molecular complexity index is 929. The summed E-state index contributed by atoms with van der Waals surface area (Å²) in [6.45, 7) is 0. The Morgan fingerprint density at radius 3 is 2.55 bits per heavy atom. The van der Waals surface area contributed by atoms with Gasteiger partial charge in [-0.15, -0.1) is 0 Å². The lowest BCUT2D eigenvalue weighted by atomic mass is 10.2. The number of nitrogen functional groups attached to an aromatic ring is 1. The van der Waals surface area contributed by atoms with Gasteiger partial charge in [-0.05, 0) is 30.3 Å². The van der Waals surface area contributed by atoms with E-state index in [9.17, 15) is 0 Å². The first-order valence-electron chi connectivity index (χ1n) is 6.17. The first-order chi connectivity index (χ1) is 9.79. The molecule has 0 bridgehead atoms. The van der Waals surface area contributed by atoms with Gasteiger partial charge in [0.25, 0.3) is 0 Å². The molecule has 0 saturated heterocycles. The van der Waals surface area contributed by atoms with Gasteiger partial charge in [-0.3, -0.25) is 9.97 Å². The predicted octanol–water partition coefficient (Wildman–Crippen LogP) is 3.02. The fourth-order valence-electron chi connectivity index (χ4n) is 2.16. The maximum atomic E-state index is 5.74. The Balaban J connectivity index is 1.91. The number of aromatic nitrogens is 3. The average molecular weight is 262 g/mol. The van der Waals surface area contributed by atoms with Gasteiger partial charge in [-0.1, -0.05) is 0 Å². The van der Waals surface area contributed by atoms with E-state index in [-0.39, 0.29) is 0 Å². The van der Waals surface area contributed by atoms with Crippen LogP contribution in [0, 0.1) is 0 Å². The van der Waals surface area contributed by atoms with E-state index in [1.807, 2.05) is 24.3 Å². The number of nitrogens with two attached hydrogens (primary N) is 1. The van der Waals surface area contributed by atoms with Gasteiger partial charge in [0, 0.05) is 29.7 Å². The fraction of sp³-hybridized carbons (Fsp3) is 0. The van der Waals surface area contributed by atoms with Gasteiger partial charge in [0.1, 0.15) is 5.52 Å². The van der Waals surface area contributed by atoms with Crippen molar-refractivity contribution in [3.63, 3.8) is 0 Å². The Kier molecular flexibility index (Phi) is 2.20. The lowest BCUT2D eigenvalue weighted by Gasteiger charge is -1.98. The summed E-state index contributed by atoms with van der Waals surface area (Å²) in [7, 11) is 0. The van der Waals surface area contributed by atoms with Gasteiger partial charge in [0.2, 0.25) is 5.89 Å². The van der Waals surface area contributed by atoms with Gasteiger partial charge in [0.05, 0.1) is 11.0 Å². The van der Waals surface area contributed by atoms with Crippen molar-refractivity contribution in [3.05, 3.63) is 48.8 Å². The first-order valence-corrected chi connectivity index (χ1v) is 6.17. The van der Waals surface area contributed by atoms with E-state index >= 15 is 0 Å². The molecule has 0 aliphatic heterocycles. The number of benzene rings is 2. The molecule has 0 amide bonds. The molecule has 2 aromatic carbocycles. The summed E-state index contributed by atoms with van der Waals surface area (Å²) in [6.07, 6.45) is 3.34. The Labute approximate surface area is 114 Å². The molecule has 2 N–H and O–H groups in total. The Hall–Kier alpha value is -2.95. The van der Waals surface area contributed by atoms with Crippen LogP contribution in [0.3, 0.4) is 0 Å². The van der Waals surface area contributed by atoms with Crippen LogP contribution in [0.1, 0.15) is 0 Å². The molecule has 0 atom stereocenters. The molecule has 0 fully saturated rings. The molecule has 5 nitrogen and oxygen atoms in total. The van der Waals surface area contributed by atoms with Crippen LogP contribution < -0.4 is 5.73 Å². The van der Waals surface area contributed by atoms with Crippen molar-refractivity contribution < 1.29 is 4.42 Å². The normalized spacial score (nSPS) is 11.2. The number of nitrogens with zero attached hydrogens (tertiary/aromatic N) is 3. The second kappa shape index (κ2) is 4.03. The summed E-state index contributed by atoms with van der Waals surface area (Å²) in [5.74, 6) is 0.554. The minimum atomic E-state index is 0.554. The van der Waals surface area contributed by atoms with Crippen LogP contribution in [0.25, 0.3) is 33.6 Å². The van der Waals surface area contributed by atoms with Crippen molar-refractivity contribution in [1.82, 2.24) is 15.0 Å². The van der Waals surface area contributed by atoms with Crippen LogP contribution in [-0.4, -0.2) is 15.0 Å². The number of fused-ring (bicyclic) bond motifs is 2. The number of hydrogen-bond donors (Lipinski definition) is 1. The SMILES string of the molecule is Nc1ccc2nc(-c3ccc4nccnc4c3)oc2c1.